The van der Waals surface area contributed by atoms with E-state index in [0.29, 0.717) is 6.61 Å². The molecule has 3 nitrogen and oxygen atoms in total. The maximum Gasteiger partial charge on any atom is 0.131 e. The minimum absolute atomic E-state index is 0.199. The molecule has 0 fully saturated rings. The van der Waals surface area contributed by atoms with Crippen LogP contribution in [0.15, 0.2) is 23.6 Å². The predicted molar refractivity (Wildman–Crippen MR) is 89.4 cm³/mol. The topological polar surface area (TPSA) is 34.1 Å². The third-order valence-electron chi connectivity index (χ3n) is 3.23. The number of halogens is 1. The fraction of sp³-hybridized carbons (Fsp3) is 0.438. The number of benzene rings is 1. The number of hydrogen-bond acceptors (Lipinski definition) is 4. The van der Waals surface area contributed by atoms with Gasteiger partial charge in [-0.05, 0) is 38.1 Å². The van der Waals surface area contributed by atoms with E-state index in [9.17, 15) is 0 Å². The Morgan fingerprint density at radius 3 is 2.86 bits per heavy atom. The summed E-state index contributed by atoms with van der Waals surface area (Å²) in [5.74, 6) is 0.860. The van der Waals surface area contributed by atoms with Crippen molar-refractivity contribution in [3.63, 3.8) is 0 Å². The molecule has 2 rings (SSSR count). The van der Waals surface area contributed by atoms with Gasteiger partial charge in [0.05, 0.1) is 10.7 Å². The summed E-state index contributed by atoms with van der Waals surface area (Å²) in [6.07, 6.45) is 0.967. The second-order valence-electron chi connectivity index (χ2n) is 4.84. The Morgan fingerprint density at radius 1 is 1.38 bits per heavy atom. The lowest BCUT2D eigenvalue weighted by Crippen LogP contribution is -2.18. The Morgan fingerprint density at radius 2 is 2.19 bits per heavy atom. The molecule has 2 aromatic rings. The molecule has 0 aliphatic carbocycles. The molecule has 0 radical (unpaired) electrons. The van der Waals surface area contributed by atoms with Gasteiger partial charge in [-0.2, -0.15) is 0 Å². The molecule has 21 heavy (non-hydrogen) atoms. The van der Waals surface area contributed by atoms with Crippen LogP contribution < -0.4 is 10.1 Å². The lowest BCUT2D eigenvalue weighted by molar-refractivity contribution is 0.296. The highest BCUT2D eigenvalue weighted by atomic mass is 35.5. The molecule has 1 atom stereocenters. The molecule has 114 valence electrons. The van der Waals surface area contributed by atoms with Gasteiger partial charge in [-0.1, -0.05) is 25.4 Å². The first-order valence-corrected chi connectivity index (χ1v) is 8.48. The van der Waals surface area contributed by atoms with Gasteiger partial charge in [0.2, 0.25) is 0 Å². The van der Waals surface area contributed by atoms with Gasteiger partial charge in [-0.15, -0.1) is 11.3 Å². The third-order valence-corrected chi connectivity index (χ3v) is 4.50. The number of aromatic nitrogens is 1. The Bertz CT molecular complexity index is 585. The van der Waals surface area contributed by atoms with Gasteiger partial charge in [0.15, 0.2) is 0 Å². The highest BCUT2D eigenvalue weighted by Gasteiger charge is 2.12. The molecular formula is C16H21ClN2OS. The first-order chi connectivity index (χ1) is 10.1. The van der Waals surface area contributed by atoms with E-state index >= 15 is 0 Å². The van der Waals surface area contributed by atoms with Gasteiger partial charge in [-0.3, -0.25) is 0 Å². The molecule has 0 saturated heterocycles. The van der Waals surface area contributed by atoms with Gasteiger partial charge in [0.1, 0.15) is 12.4 Å². The van der Waals surface area contributed by atoms with Crippen LogP contribution in [0.25, 0.3) is 0 Å². The van der Waals surface area contributed by atoms with Gasteiger partial charge >= 0.3 is 0 Å². The molecule has 0 aliphatic heterocycles. The van der Waals surface area contributed by atoms with Crippen molar-refractivity contribution in [1.29, 1.82) is 0 Å². The highest BCUT2D eigenvalue weighted by Crippen LogP contribution is 2.29. The first-order valence-electron chi connectivity index (χ1n) is 7.23. The van der Waals surface area contributed by atoms with Crippen molar-refractivity contribution in [1.82, 2.24) is 10.3 Å². The van der Waals surface area contributed by atoms with Crippen molar-refractivity contribution >= 4 is 22.9 Å². The summed E-state index contributed by atoms with van der Waals surface area (Å²) in [4.78, 5) is 4.52. The van der Waals surface area contributed by atoms with Crippen LogP contribution in [-0.2, 0) is 13.0 Å². The van der Waals surface area contributed by atoms with Crippen LogP contribution >= 0.6 is 22.9 Å². The SMILES string of the molecule is CCNC(C)c1cc(Cl)ccc1OCc1csc(CC)n1. The summed E-state index contributed by atoms with van der Waals surface area (Å²) in [6.45, 7) is 7.70. The number of thiazole rings is 1. The van der Waals surface area contributed by atoms with E-state index in [2.05, 4.69) is 36.5 Å². The molecule has 1 aromatic carbocycles. The molecule has 1 N–H and O–H groups in total. The average Bonchev–Trinajstić information content (AvgIpc) is 2.94. The fourth-order valence-electron chi connectivity index (χ4n) is 2.13. The number of aryl methyl sites for hydroxylation is 1. The van der Waals surface area contributed by atoms with Gasteiger partial charge in [0.25, 0.3) is 0 Å². The second-order valence-corrected chi connectivity index (χ2v) is 6.22. The van der Waals surface area contributed by atoms with Gasteiger partial charge < -0.3 is 10.1 Å². The largest absolute Gasteiger partial charge is 0.487 e. The molecule has 5 heteroatoms. The van der Waals surface area contributed by atoms with Crippen LogP contribution in [-0.4, -0.2) is 11.5 Å². The summed E-state index contributed by atoms with van der Waals surface area (Å²) >= 11 is 7.79. The van der Waals surface area contributed by atoms with Crippen molar-refractivity contribution in [3.8, 4) is 5.75 Å². The van der Waals surface area contributed by atoms with Crippen molar-refractivity contribution < 1.29 is 4.74 Å². The minimum atomic E-state index is 0.199. The number of ether oxygens (including phenoxy) is 1. The van der Waals surface area contributed by atoms with Crippen LogP contribution in [0.5, 0.6) is 5.75 Å². The summed E-state index contributed by atoms with van der Waals surface area (Å²) in [5, 5.41) is 7.32. The number of rotatable bonds is 7. The predicted octanol–water partition coefficient (Wildman–Crippen LogP) is 4.61. The Balaban J connectivity index is 2.11. The van der Waals surface area contributed by atoms with E-state index in [-0.39, 0.29) is 6.04 Å². The lowest BCUT2D eigenvalue weighted by Gasteiger charge is -2.17. The highest BCUT2D eigenvalue weighted by molar-refractivity contribution is 7.09. The molecule has 0 amide bonds. The van der Waals surface area contributed by atoms with Crippen LogP contribution in [0, 0.1) is 0 Å². The number of nitrogens with zero attached hydrogens (tertiary/aromatic N) is 1. The number of nitrogens with one attached hydrogen (secondary N) is 1. The smallest absolute Gasteiger partial charge is 0.131 e. The molecule has 1 unspecified atom stereocenters. The Labute approximate surface area is 135 Å². The summed E-state index contributed by atoms with van der Waals surface area (Å²) in [7, 11) is 0. The van der Waals surface area contributed by atoms with Crippen LogP contribution in [0.3, 0.4) is 0 Å². The minimum Gasteiger partial charge on any atom is -0.487 e. The fourth-order valence-corrected chi connectivity index (χ4v) is 3.04. The second kappa shape index (κ2) is 7.78. The maximum atomic E-state index is 6.11. The van der Waals surface area contributed by atoms with Gasteiger partial charge in [-0.25, -0.2) is 4.98 Å². The molecule has 1 aromatic heterocycles. The van der Waals surface area contributed by atoms with Crippen molar-refractivity contribution in [2.24, 2.45) is 0 Å². The lowest BCUT2D eigenvalue weighted by atomic mass is 10.1. The zero-order chi connectivity index (χ0) is 15.2. The molecule has 0 spiro atoms. The molecule has 0 aliphatic rings. The zero-order valence-corrected chi connectivity index (χ0v) is 14.2. The quantitative estimate of drug-likeness (QED) is 0.807. The standard InChI is InChI=1S/C16H21ClN2OS/c1-4-16-19-13(10-21-16)9-20-15-7-6-12(17)8-14(15)11(3)18-5-2/h6-8,10-11,18H,4-5,9H2,1-3H3. The molecule has 0 bridgehead atoms. The maximum absolute atomic E-state index is 6.11. The van der Waals surface area contributed by atoms with Crippen LogP contribution in [0.1, 0.15) is 43.1 Å². The number of hydrogen-bond donors (Lipinski definition) is 1. The zero-order valence-electron chi connectivity index (χ0n) is 12.6. The molecular weight excluding hydrogens is 304 g/mol. The van der Waals surface area contributed by atoms with Crippen molar-refractivity contribution in [2.45, 2.75) is 39.8 Å². The van der Waals surface area contributed by atoms with E-state index in [1.807, 2.05) is 18.2 Å². The van der Waals surface area contributed by atoms with Crippen LogP contribution in [0.4, 0.5) is 0 Å². The van der Waals surface area contributed by atoms with E-state index in [4.69, 9.17) is 16.3 Å². The van der Waals surface area contributed by atoms with Gasteiger partial charge in [0, 0.05) is 22.0 Å². The Kier molecular flexibility index (Phi) is 6.03. The molecule has 0 saturated carbocycles. The monoisotopic (exact) mass is 324 g/mol. The summed E-state index contributed by atoms with van der Waals surface area (Å²) in [6, 6.07) is 5.95. The average molecular weight is 325 g/mol. The van der Waals surface area contributed by atoms with E-state index < -0.39 is 0 Å². The summed E-state index contributed by atoms with van der Waals surface area (Å²) in [5.41, 5.74) is 2.06. The normalized spacial score (nSPS) is 12.4. The van der Waals surface area contributed by atoms with E-state index in [0.717, 1.165) is 40.0 Å². The van der Waals surface area contributed by atoms with E-state index in [1.54, 1.807) is 11.3 Å². The third kappa shape index (κ3) is 4.43. The van der Waals surface area contributed by atoms with Crippen molar-refractivity contribution in [3.05, 3.63) is 44.9 Å². The first kappa shape index (κ1) is 16.3. The van der Waals surface area contributed by atoms with E-state index in [1.165, 1.54) is 0 Å². The molecule has 1 heterocycles. The van der Waals surface area contributed by atoms with Crippen LogP contribution in [0.2, 0.25) is 5.02 Å². The Hall–Kier alpha value is -1.10. The van der Waals surface area contributed by atoms with Crippen molar-refractivity contribution in [2.75, 3.05) is 6.54 Å². The summed E-state index contributed by atoms with van der Waals surface area (Å²) < 4.78 is 5.95.